The molecule has 0 spiro atoms. The van der Waals surface area contributed by atoms with Crippen molar-refractivity contribution in [2.75, 3.05) is 0 Å². The maximum Gasteiger partial charge on any atom is 0.0626 e. The van der Waals surface area contributed by atoms with Crippen molar-refractivity contribution in [1.29, 1.82) is 0 Å². The molecule has 0 amide bonds. The highest BCUT2D eigenvalue weighted by molar-refractivity contribution is 6.37. The van der Waals surface area contributed by atoms with E-state index in [1.807, 2.05) is 0 Å². The second-order valence-corrected chi connectivity index (χ2v) is 13.9. The summed E-state index contributed by atoms with van der Waals surface area (Å²) in [5.41, 5.74) is 15.8. The number of nitrogens with zero attached hydrogens (tertiary/aromatic N) is 1. The number of para-hydroxylation sites is 2. The molecule has 0 saturated heterocycles. The van der Waals surface area contributed by atoms with Gasteiger partial charge in [-0.05, 0) is 97.4 Å². The molecule has 0 saturated carbocycles. The molecular weight excluding hydrogens is 641 g/mol. The topological polar surface area (TPSA) is 30.9 Å². The number of hydrogen-bond acceptors (Lipinski definition) is 1. The van der Waals surface area contributed by atoms with Crippen molar-refractivity contribution in [2.24, 2.45) is 5.73 Å². The molecule has 9 aromatic carbocycles. The van der Waals surface area contributed by atoms with E-state index in [-0.39, 0.29) is 0 Å². The Morgan fingerprint density at radius 3 is 1.89 bits per heavy atom. The van der Waals surface area contributed by atoms with E-state index >= 15 is 0 Å². The summed E-state index contributed by atoms with van der Waals surface area (Å²) in [4.78, 5) is 0. The number of rotatable bonds is 6. The van der Waals surface area contributed by atoms with Gasteiger partial charge in [0.1, 0.15) is 0 Å². The Bertz CT molecular complexity index is 3070. The molecule has 250 valence electrons. The van der Waals surface area contributed by atoms with Gasteiger partial charge in [-0.1, -0.05) is 158 Å². The van der Waals surface area contributed by atoms with Crippen molar-refractivity contribution in [3.63, 3.8) is 0 Å². The average molecular weight is 677 g/mol. The van der Waals surface area contributed by atoms with Gasteiger partial charge in [0, 0.05) is 32.9 Å². The minimum Gasteiger partial charge on any atom is -0.398 e. The summed E-state index contributed by atoms with van der Waals surface area (Å²) < 4.78 is 2.45. The normalized spacial score (nSPS) is 12.5. The zero-order chi connectivity index (χ0) is 35.3. The molecule has 10 aromatic rings. The van der Waals surface area contributed by atoms with E-state index in [1.54, 1.807) is 0 Å². The van der Waals surface area contributed by atoms with Gasteiger partial charge >= 0.3 is 0 Å². The zero-order valence-corrected chi connectivity index (χ0v) is 29.2. The van der Waals surface area contributed by atoms with Crippen LogP contribution >= 0.6 is 0 Å². The van der Waals surface area contributed by atoms with Gasteiger partial charge in [-0.25, -0.2) is 0 Å². The Morgan fingerprint density at radius 2 is 1.09 bits per heavy atom. The number of allylic oxidation sites excluding steroid dienone is 3. The first-order valence-corrected chi connectivity index (χ1v) is 18.3. The molecule has 2 nitrogen and oxygen atoms in total. The van der Waals surface area contributed by atoms with Crippen LogP contribution in [0, 0.1) is 0 Å². The second-order valence-electron chi connectivity index (χ2n) is 13.9. The van der Waals surface area contributed by atoms with Gasteiger partial charge in [-0.2, -0.15) is 0 Å². The summed E-state index contributed by atoms with van der Waals surface area (Å²) in [5.74, 6) is 0. The van der Waals surface area contributed by atoms with Crippen molar-refractivity contribution < 1.29 is 0 Å². The minimum absolute atomic E-state index is 0.748. The summed E-state index contributed by atoms with van der Waals surface area (Å²) in [6, 6.07) is 65.4. The number of nitrogens with two attached hydrogens (primary N) is 1. The van der Waals surface area contributed by atoms with Gasteiger partial charge in [0.25, 0.3) is 0 Å². The molecule has 1 aromatic heterocycles. The smallest absolute Gasteiger partial charge is 0.0626 e. The van der Waals surface area contributed by atoms with Crippen LogP contribution in [0.5, 0.6) is 0 Å². The van der Waals surface area contributed by atoms with E-state index in [4.69, 9.17) is 5.73 Å². The van der Waals surface area contributed by atoms with Gasteiger partial charge in [0.15, 0.2) is 0 Å². The maximum atomic E-state index is 6.88. The molecule has 0 aliphatic rings. The lowest BCUT2D eigenvalue weighted by Crippen LogP contribution is -1.98. The molecule has 0 radical (unpaired) electrons. The lowest BCUT2D eigenvalue weighted by molar-refractivity contribution is 1.19. The molecule has 0 aliphatic heterocycles. The fraction of sp³-hybridized carbons (Fsp3) is 0.0196. The van der Waals surface area contributed by atoms with Crippen LogP contribution in [0.2, 0.25) is 0 Å². The van der Waals surface area contributed by atoms with Crippen molar-refractivity contribution >= 4 is 76.2 Å². The molecule has 0 bridgehead atoms. The lowest BCUT2D eigenvalue weighted by atomic mass is 9.89. The molecule has 0 unspecified atom stereocenters. The van der Waals surface area contributed by atoms with Crippen LogP contribution in [-0.4, -0.2) is 4.57 Å². The molecule has 0 aliphatic carbocycles. The van der Waals surface area contributed by atoms with E-state index in [0.29, 0.717) is 0 Å². The van der Waals surface area contributed by atoms with Crippen molar-refractivity contribution in [3.05, 3.63) is 211 Å². The van der Waals surface area contributed by atoms with Crippen molar-refractivity contribution in [2.45, 2.75) is 6.42 Å². The zero-order valence-electron chi connectivity index (χ0n) is 29.2. The van der Waals surface area contributed by atoms with Crippen LogP contribution in [0.4, 0.5) is 0 Å². The monoisotopic (exact) mass is 676 g/mol. The Balaban J connectivity index is 1.22. The molecule has 10 rings (SSSR count). The SMILES string of the molecule is N/C(=C\C(=C/Cc1cc2c3ccccc3c3c(c4ccccc4n3-c3ccccc3)c2c2ccccc12)c1ccccc1)c1ccc2ccccc2c1. The third-order valence-corrected chi connectivity index (χ3v) is 10.8. The molecule has 1 heterocycles. The van der Waals surface area contributed by atoms with Gasteiger partial charge in [0.05, 0.1) is 11.0 Å². The van der Waals surface area contributed by atoms with Crippen LogP contribution in [0.3, 0.4) is 0 Å². The van der Waals surface area contributed by atoms with E-state index in [0.717, 1.165) is 28.8 Å². The van der Waals surface area contributed by atoms with Crippen LogP contribution in [0.15, 0.2) is 194 Å². The first-order valence-electron chi connectivity index (χ1n) is 18.3. The number of benzene rings is 9. The molecule has 2 heteroatoms. The van der Waals surface area contributed by atoms with Crippen LogP contribution < -0.4 is 5.73 Å². The van der Waals surface area contributed by atoms with E-state index in [1.165, 1.54) is 76.1 Å². The van der Waals surface area contributed by atoms with Gasteiger partial charge in [-0.15, -0.1) is 0 Å². The van der Waals surface area contributed by atoms with Crippen LogP contribution in [0.1, 0.15) is 16.7 Å². The summed E-state index contributed by atoms with van der Waals surface area (Å²) in [5, 5.41) is 12.6. The fourth-order valence-corrected chi connectivity index (χ4v) is 8.35. The van der Waals surface area contributed by atoms with Gasteiger partial charge in [-0.3, -0.25) is 0 Å². The minimum atomic E-state index is 0.748. The first-order chi connectivity index (χ1) is 26.2. The first kappa shape index (κ1) is 30.9. The molecule has 0 atom stereocenters. The maximum absolute atomic E-state index is 6.88. The summed E-state index contributed by atoms with van der Waals surface area (Å²) >= 11 is 0. The summed E-state index contributed by atoms with van der Waals surface area (Å²) in [7, 11) is 0. The van der Waals surface area contributed by atoms with Gasteiger partial charge in [0.2, 0.25) is 0 Å². The Hall–Kier alpha value is -6.90. The molecule has 0 fully saturated rings. The molecular formula is C51H36N2. The predicted molar refractivity (Wildman–Crippen MR) is 228 cm³/mol. The average Bonchev–Trinajstić information content (AvgIpc) is 3.58. The highest BCUT2D eigenvalue weighted by atomic mass is 15.0. The summed E-state index contributed by atoms with van der Waals surface area (Å²) in [6.45, 7) is 0. The van der Waals surface area contributed by atoms with Crippen molar-refractivity contribution in [3.8, 4) is 5.69 Å². The third-order valence-electron chi connectivity index (χ3n) is 10.8. The Labute approximate surface area is 308 Å². The molecule has 53 heavy (non-hydrogen) atoms. The lowest BCUT2D eigenvalue weighted by Gasteiger charge is -2.16. The quantitative estimate of drug-likeness (QED) is 0.138. The summed E-state index contributed by atoms with van der Waals surface area (Å²) in [6.07, 6.45) is 5.24. The van der Waals surface area contributed by atoms with Crippen molar-refractivity contribution in [1.82, 2.24) is 4.57 Å². The fourth-order valence-electron chi connectivity index (χ4n) is 8.35. The predicted octanol–water partition coefficient (Wildman–Crippen LogP) is 13.0. The van der Waals surface area contributed by atoms with E-state index in [2.05, 4.69) is 199 Å². The van der Waals surface area contributed by atoms with Crippen LogP contribution in [-0.2, 0) is 6.42 Å². The van der Waals surface area contributed by atoms with E-state index < -0.39 is 0 Å². The third kappa shape index (κ3) is 5.19. The Kier molecular flexibility index (Phi) is 7.40. The number of fused-ring (bicyclic) bond motifs is 11. The Morgan fingerprint density at radius 1 is 0.472 bits per heavy atom. The largest absolute Gasteiger partial charge is 0.398 e. The molecule has 2 N–H and O–H groups in total. The number of aromatic nitrogens is 1. The standard InChI is InChI=1S/C51H36N2/c52-47(39-30-27-35-17-7-8-18-36(35)31-39)33-37(34-15-3-1-4-16-34)28-29-38-32-46-42-22-10-12-24-44(42)51-50(49(46)43-23-11-9-21-41(38)43)45-25-13-14-26-48(45)53(51)40-19-5-2-6-20-40/h1-28,30-33H,29,52H2/b37-28+,47-33-. The highest BCUT2D eigenvalue weighted by Crippen LogP contribution is 2.45. The van der Waals surface area contributed by atoms with Gasteiger partial charge < -0.3 is 10.3 Å². The highest BCUT2D eigenvalue weighted by Gasteiger charge is 2.21. The van der Waals surface area contributed by atoms with E-state index in [9.17, 15) is 0 Å². The van der Waals surface area contributed by atoms with Crippen LogP contribution in [0.25, 0.3) is 81.9 Å². The second kappa shape index (κ2) is 12.7. The number of hydrogen-bond donors (Lipinski definition) is 1.